The van der Waals surface area contributed by atoms with Gasteiger partial charge in [-0.1, -0.05) is 24.8 Å². The van der Waals surface area contributed by atoms with Crippen LogP contribution in [0.25, 0.3) is 22.2 Å². The highest BCUT2D eigenvalue weighted by atomic mass is 35.5. The Morgan fingerprint density at radius 1 is 1.21 bits per heavy atom. The number of carbonyl (C=O) groups excluding carboxylic acids is 1. The number of benzene rings is 2. The number of hydrogen-bond donors (Lipinski definition) is 2. The highest BCUT2D eigenvalue weighted by Gasteiger charge is 2.27. The van der Waals surface area contributed by atoms with Gasteiger partial charge in [-0.25, -0.2) is 9.97 Å². The van der Waals surface area contributed by atoms with Crippen molar-refractivity contribution < 1.29 is 9.53 Å². The number of anilines is 4. The molecular formula is C31H35ClN8O2. The second-order valence-electron chi connectivity index (χ2n) is 10.4. The van der Waals surface area contributed by atoms with E-state index in [2.05, 4.69) is 61.0 Å². The van der Waals surface area contributed by atoms with Crippen LogP contribution in [0.15, 0.2) is 61.4 Å². The topological polar surface area (TPSA) is 111 Å². The summed E-state index contributed by atoms with van der Waals surface area (Å²) in [6, 6.07) is 14.6. The molecule has 1 aliphatic rings. The van der Waals surface area contributed by atoms with Crippen molar-refractivity contribution in [2.45, 2.75) is 18.9 Å². The molecule has 42 heavy (non-hydrogen) atoms. The number of ether oxygens (including phenoxy) is 1. The van der Waals surface area contributed by atoms with Crippen LogP contribution in [-0.4, -0.2) is 66.7 Å². The summed E-state index contributed by atoms with van der Waals surface area (Å²) in [6.07, 6.45) is 7.14. The predicted molar refractivity (Wildman–Crippen MR) is 170 cm³/mol. The molecule has 2 aromatic carbocycles. The molecule has 1 fully saturated rings. The maximum Gasteiger partial charge on any atom is 0.247 e. The van der Waals surface area contributed by atoms with E-state index in [0.29, 0.717) is 40.4 Å². The van der Waals surface area contributed by atoms with E-state index in [1.165, 1.54) is 12.3 Å². The first-order chi connectivity index (χ1) is 19.8. The standard InChI is InChI=1S/C31H34N8O2.ClH/c1-6-29(40)34-24-15-25(28(41-5)16-27(24)38(4)14-13-37(2)3)35-31-33-18-20(17-32)30(36-31)23-19-39(21-11-12-21)26-10-8-7-9-22(23)26;/h6-10,15-16,18-19,21H,1,11-14H2,2-5H3,(H,34,40)(H,33,35,36);1H. The van der Waals surface area contributed by atoms with Gasteiger partial charge >= 0.3 is 0 Å². The van der Waals surface area contributed by atoms with Crippen LogP contribution in [0.3, 0.4) is 0 Å². The van der Waals surface area contributed by atoms with Crippen LogP contribution >= 0.6 is 12.4 Å². The molecule has 0 unspecified atom stereocenters. The Morgan fingerprint density at radius 3 is 2.64 bits per heavy atom. The zero-order chi connectivity index (χ0) is 29.1. The summed E-state index contributed by atoms with van der Waals surface area (Å²) in [7, 11) is 7.57. The third-order valence-electron chi connectivity index (χ3n) is 7.15. The molecule has 218 valence electrons. The number of carbonyl (C=O) groups is 1. The molecule has 10 nitrogen and oxygen atoms in total. The molecule has 0 radical (unpaired) electrons. The van der Waals surface area contributed by atoms with Crippen molar-refractivity contribution in [3.05, 3.63) is 67.0 Å². The Kier molecular flexibility index (Phi) is 9.35. The van der Waals surface area contributed by atoms with Gasteiger partial charge in [-0.15, -0.1) is 12.4 Å². The van der Waals surface area contributed by atoms with E-state index in [0.717, 1.165) is 48.1 Å². The smallest absolute Gasteiger partial charge is 0.247 e. The van der Waals surface area contributed by atoms with Crippen molar-refractivity contribution >= 4 is 52.2 Å². The average molecular weight is 587 g/mol. The van der Waals surface area contributed by atoms with E-state index in [4.69, 9.17) is 9.72 Å². The van der Waals surface area contributed by atoms with Gasteiger partial charge in [-0.05, 0) is 45.1 Å². The molecule has 1 amide bonds. The monoisotopic (exact) mass is 586 g/mol. The summed E-state index contributed by atoms with van der Waals surface area (Å²) < 4.78 is 8.01. The SMILES string of the molecule is C=CC(=O)Nc1cc(Nc2ncc(C#N)c(-c3cn(C4CC4)c4ccccc34)n2)c(OC)cc1N(C)CCN(C)C.Cl. The van der Waals surface area contributed by atoms with Crippen LogP contribution in [-0.2, 0) is 4.79 Å². The molecule has 11 heteroatoms. The van der Waals surface area contributed by atoms with Crippen LogP contribution < -0.4 is 20.3 Å². The van der Waals surface area contributed by atoms with Crippen molar-refractivity contribution in [1.82, 2.24) is 19.4 Å². The third-order valence-corrected chi connectivity index (χ3v) is 7.15. The molecule has 0 bridgehead atoms. The van der Waals surface area contributed by atoms with Crippen LogP contribution in [0, 0.1) is 11.3 Å². The fraction of sp³-hybridized carbons (Fsp3) is 0.290. The molecule has 1 saturated carbocycles. The zero-order valence-corrected chi connectivity index (χ0v) is 25.0. The Labute approximate surface area is 252 Å². The van der Waals surface area contributed by atoms with Gasteiger partial charge in [0.25, 0.3) is 0 Å². The van der Waals surface area contributed by atoms with E-state index in [1.54, 1.807) is 13.2 Å². The fourth-order valence-electron chi connectivity index (χ4n) is 4.80. The van der Waals surface area contributed by atoms with Crippen molar-refractivity contribution in [1.29, 1.82) is 5.26 Å². The summed E-state index contributed by atoms with van der Waals surface area (Å²) in [5, 5.41) is 17.1. The molecule has 2 heterocycles. The zero-order valence-electron chi connectivity index (χ0n) is 24.2. The Balaban J connectivity index is 0.00000405. The summed E-state index contributed by atoms with van der Waals surface area (Å²) in [5.74, 6) is 0.524. The third kappa shape index (κ3) is 6.33. The predicted octanol–water partition coefficient (Wildman–Crippen LogP) is 5.60. The second kappa shape index (κ2) is 12.9. The lowest BCUT2D eigenvalue weighted by Gasteiger charge is -2.26. The molecule has 0 aliphatic heterocycles. The van der Waals surface area contributed by atoms with Gasteiger partial charge in [0, 0.05) is 54.9 Å². The molecule has 0 spiro atoms. The van der Waals surface area contributed by atoms with Crippen LogP contribution in [0.1, 0.15) is 24.4 Å². The molecule has 5 rings (SSSR count). The minimum atomic E-state index is -0.327. The maximum atomic E-state index is 12.3. The van der Waals surface area contributed by atoms with E-state index in [-0.39, 0.29) is 18.3 Å². The summed E-state index contributed by atoms with van der Waals surface area (Å²) in [4.78, 5) is 25.7. The molecule has 1 aliphatic carbocycles. The largest absolute Gasteiger partial charge is 0.494 e. The van der Waals surface area contributed by atoms with Crippen molar-refractivity contribution in [2.75, 3.05) is 56.9 Å². The van der Waals surface area contributed by atoms with Crippen molar-refractivity contribution in [2.24, 2.45) is 0 Å². The summed E-state index contributed by atoms with van der Waals surface area (Å²) in [5.41, 5.74) is 4.89. The van der Waals surface area contributed by atoms with E-state index in [1.807, 2.05) is 39.3 Å². The molecular weight excluding hydrogens is 552 g/mol. The molecule has 2 aromatic heterocycles. The number of amides is 1. The number of nitrogens with one attached hydrogen (secondary N) is 2. The molecule has 4 aromatic rings. The Morgan fingerprint density at radius 2 is 1.98 bits per heavy atom. The van der Waals surface area contributed by atoms with Crippen LogP contribution in [0.2, 0.25) is 0 Å². The first-order valence-electron chi connectivity index (χ1n) is 13.5. The van der Waals surface area contributed by atoms with Gasteiger partial charge in [0.2, 0.25) is 11.9 Å². The summed E-state index contributed by atoms with van der Waals surface area (Å²) >= 11 is 0. The Hall–Kier alpha value is -4.59. The van der Waals surface area contributed by atoms with Crippen molar-refractivity contribution in [3.8, 4) is 23.1 Å². The van der Waals surface area contributed by atoms with Gasteiger partial charge < -0.3 is 29.7 Å². The number of likely N-dealkylation sites (N-methyl/N-ethyl adjacent to an activating group) is 2. The normalized spacial score (nSPS) is 12.4. The van der Waals surface area contributed by atoms with Gasteiger partial charge in [-0.2, -0.15) is 5.26 Å². The number of nitriles is 1. The van der Waals surface area contributed by atoms with Gasteiger partial charge in [0.15, 0.2) is 0 Å². The Bertz CT molecular complexity index is 1650. The van der Waals surface area contributed by atoms with Crippen molar-refractivity contribution in [3.63, 3.8) is 0 Å². The van der Waals surface area contributed by atoms with Gasteiger partial charge in [0.05, 0.1) is 41.6 Å². The number of para-hydroxylation sites is 1. The van der Waals surface area contributed by atoms with E-state index in [9.17, 15) is 10.1 Å². The average Bonchev–Trinajstić information content (AvgIpc) is 3.75. The van der Waals surface area contributed by atoms with Gasteiger partial charge in [-0.3, -0.25) is 4.79 Å². The maximum absolute atomic E-state index is 12.3. The molecule has 0 atom stereocenters. The first kappa shape index (κ1) is 30.4. The number of aromatic nitrogens is 3. The number of hydrogen-bond acceptors (Lipinski definition) is 8. The first-order valence-corrected chi connectivity index (χ1v) is 13.5. The minimum Gasteiger partial charge on any atom is -0.494 e. The molecule has 2 N–H and O–H groups in total. The number of methoxy groups -OCH3 is 1. The highest BCUT2D eigenvalue weighted by Crippen LogP contribution is 2.42. The summed E-state index contributed by atoms with van der Waals surface area (Å²) in [6.45, 7) is 5.15. The lowest BCUT2D eigenvalue weighted by molar-refractivity contribution is -0.111. The number of nitrogens with zero attached hydrogens (tertiary/aromatic N) is 6. The lowest BCUT2D eigenvalue weighted by Crippen LogP contribution is -2.29. The van der Waals surface area contributed by atoms with E-state index >= 15 is 0 Å². The highest BCUT2D eigenvalue weighted by molar-refractivity contribution is 6.02. The van der Waals surface area contributed by atoms with Crippen LogP contribution in [0.5, 0.6) is 5.75 Å². The molecule has 0 saturated heterocycles. The lowest BCUT2D eigenvalue weighted by atomic mass is 10.1. The fourth-order valence-corrected chi connectivity index (χ4v) is 4.80. The number of fused-ring (bicyclic) bond motifs is 1. The minimum absolute atomic E-state index is 0. The van der Waals surface area contributed by atoms with Gasteiger partial charge in [0.1, 0.15) is 11.8 Å². The van der Waals surface area contributed by atoms with Crippen LogP contribution in [0.4, 0.5) is 23.0 Å². The number of halogens is 1. The second-order valence-corrected chi connectivity index (χ2v) is 10.4. The quantitative estimate of drug-likeness (QED) is 0.218. The number of rotatable bonds is 11. The van der Waals surface area contributed by atoms with E-state index < -0.39 is 0 Å².